The molecule has 3 N–H and O–H groups in total. The summed E-state index contributed by atoms with van der Waals surface area (Å²) in [6.07, 6.45) is 6.10. The number of aromatic amines is 1. The van der Waals surface area contributed by atoms with Crippen molar-refractivity contribution in [2.45, 2.75) is 32.1 Å². The summed E-state index contributed by atoms with van der Waals surface area (Å²) >= 11 is 12.2. The molecule has 1 heterocycles. The van der Waals surface area contributed by atoms with Crippen molar-refractivity contribution in [3.05, 3.63) is 39.0 Å². The Kier molecular flexibility index (Phi) is 5.06. The predicted octanol–water partition coefficient (Wildman–Crippen LogP) is 5.22. The normalized spacial score (nSPS) is 16.3. The fourth-order valence-corrected chi connectivity index (χ4v) is 4.10. The topological polar surface area (TPSA) is 90.4 Å². The highest BCUT2D eigenvalue weighted by Gasteiger charge is 2.25. The van der Waals surface area contributed by atoms with Crippen LogP contribution in [-0.2, 0) is 4.79 Å². The van der Waals surface area contributed by atoms with Gasteiger partial charge in [-0.05, 0) is 37.0 Å². The van der Waals surface area contributed by atoms with E-state index in [9.17, 15) is 19.8 Å². The molecule has 2 aromatic rings. The van der Waals surface area contributed by atoms with Gasteiger partial charge in [0.2, 0.25) is 0 Å². The molecule has 1 aliphatic carbocycles. The summed E-state index contributed by atoms with van der Waals surface area (Å²) in [6.45, 7) is 0. The lowest BCUT2D eigenvalue weighted by Crippen LogP contribution is -2.16. The van der Waals surface area contributed by atoms with Crippen LogP contribution >= 0.6 is 23.2 Å². The van der Waals surface area contributed by atoms with Crippen LogP contribution in [0, 0.1) is 5.92 Å². The lowest BCUT2D eigenvalue weighted by molar-refractivity contribution is -0.133. The summed E-state index contributed by atoms with van der Waals surface area (Å²) in [5, 5.41) is 20.3. The van der Waals surface area contributed by atoms with Gasteiger partial charge in [0.1, 0.15) is 5.69 Å². The third-order valence-corrected chi connectivity index (χ3v) is 5.18. The van der Waals surface area contributed by atoms with Crippen LogP contribution in [0.2, 0.25) is 10.0 Å². The van der Waals surface area contributed by atoms with E-state index in [0.29, 0.717) is 15.9 Å². The monoisotopic (exact) mass is 381 g/mol. The van der Waals surface area contributed by atoms with Crippen LogP contribution in [0.25, 0.3) is 17.0 Å². The van der Waals surface area contributed by atoms with Crippen molar-refractivity contribution in [2.24, 2.45) is 5.92 Å². The first-order chi connectivity index (χ1) is 11.9. The third kappa shape index (κ3) is 3.53. The van der Waals surface area contributed by atoms with Gasteiger partial charge in [0.15, 0.2) is 0 Å². The Morgan fingerprint density at radius 1 is 1.12 bits per heavy atom. The van der Waals surface area contributed by atoms with Crippen molar-refractivity contribution < 1.29 is 19.8 Å². The van der Waals surface area contributed by atoms with Gasteiger partial charge in [-0.25, -0.2) is 9.59 Å². The van der Waals surface area contributed by atoms with Gasteiger partial charge in [-0.15, -0.1) is 0 Å². The summed E-state index contributed by atoms with van der Waals surface area (Å²) in [6, 6.07) is 3.09. The van der Waals surface area contributed by atoms with E-state index in [-0.39, 0.29) is 27.8 Å². The molecular formula is C18H17Cl2NO4. The SMILES string of the molecule is O=C(O)/C(=C\c1c(C(=O)O)[nH]c2cc(Cl)cc(Cl)c12)C1CCCCC1. The minimum absolute atomic E-state index is 0.0797. The quantitative estimate of drug-likeness (QED) is 0.633. The molecule has 25 heavy (non-hydrogen) atoms. The standard InChI is InChI=1S/C18H17Cl2NO4/c19-10-6-13(20)15-12(16(18(24)25)21-14(15)7-10)8-11(17(22)23)9-4-2-1-3-5-9/h6-9,21H,1-5H2,(H,22,23)(H,24,25)/b11-8-. The zero-order valence-electron chi connectivity index (χ0n) is 13.3. The first kappa shape index (κ1) is 17.8. The minimum Gasteiger partial charge on any atom is -0.478 e. The van der Waals surface area contributed by atoms with Crippen molar-refractivity contribution in [2.75, 3.05) is 0 Å². The van der Waals surface area contributed by atoms with Crippen molar-refractivity contribution in [3.8, 4) is 0 Å². The fourth-order valence-electron chi connectivity index (χ4n) is 3.51. The number of aliphatic carboxylic acids is 1. The van der Waals surface area contributed by atoms with Crippen molar-refractivity contribution in [1.29, 1.82) is 0 Å². The van der Waals surface area contributed by atoms with E-state index < -0.39 is 11.9 Å². The van der Waals surface area contributed by atoms with Gasteiger partial charge in [0.05, 0.1) is 5.02 Å². The van der Waals surface area contributed by atoms with E-state index in [0.717, 1.165) is 32.1 Å². The van der Waals surface area contributed by atoms with E-state index in [1.807, 2.05) is 0 Å². The summed E-state index contributed by atoms with van der Waals surface area (Å²) in [7, 11) is 0. The zero-order chi connectivity index (χ0) is 18.1. The number of rotatable bonds is 4. The molecule has 1 aliphatic rings. The van der Waals surface area contributed by atoms with E-state index in [1.54, 1.807) is 6.07 Å². The Bertz CT molecular complexity index is 879. The van der Waals surface area contributed by atoms with Gasteiger partial charge in [0.25, 0.3) is 0 Å². The summed E-state index contributed by atoms with van der Waals surface area (Å²) in [5.41, 5.74) is 0.893. The number of carboxylic acid groups (broad SMARTS) is 2. The molecular weight excluding hydrogens is 365 g/mol. The van der Waals surface area contributed by atoms with Gasteiger partial charge in [0, 0.05) is 27.1 Å². The number of hydrogen-bond acceptors (Lipinski definition) is 2. The van der Waals surface area contributed by atoms with Crippen LogP contribution in [-0.4, -0.2) is 27.1 Å². The predicted molar refractivity (Wildman–Crippen MR) is 97.5 cm³/mol. The Balaban J connectivity index is 2.22. The first-order valence-electron chi connectivity index (χ1n) is 8.07. The fraction of sp³-hybridized carbons (Fsp3) is 0.333. The highest BCUT2D eigenvalue weighted by molar-refractivity contribution is 6.39. The number of halogens is 2. The second kappa shape index (κ2) is 7.10. The zero-order valence-corrected chi connectivity index (χ0v) is 14.8. The lowest BCUT2D eigenvalue weighted by atomic mass is 9.83. The van der Waals surface area contributed by atoms with Crippen LogP contribution in [0.15, 0.2) is 17.7 Å². The largest absolute Gasteiger partial charge is 0.478 e. The molecule has 1 fully saturated rings. The molecule has 0 spiro atoms. The molecule has 132 valence electrons. The molecule has 1 saturated carbocycles. The second-order valence-corrected chi connectivity index (χ2v) is 7.11. The average molecular weight is 382 g/mol. The molecule has 7 heteroatoms. The van der Waals surface area contributed by atoms with Gasteiger partial charge in [-0.1, -0.05) is 42.5 Å². The molecule has 0 unspecified atom stereocenters. The molecule has 0 aliphatic heterocycles. The number of nitrogens with one attached hydrogen (secondary N) is 1. The number of carboxylic acids is 2. The maximum Gasteiger partial charge on any atom is 0.352 e. The van der Waals surface area contributed by atoms with Gasteiger partial charge >= 0.3 is 11.9 Å². The maximum absolute atomic E-state index is 11.8. The minimum atomic E-state index is -1.18. The highest BCUT2D eigenvalue weighted by Crippen LogP contribution is 2.36. The second-order valence-electron chi connectivity index (χ2n) is 6.27. The first-order valence-corrected chi connectivity index (χ1v) is 8.83. The van der Waals surface area contributed by atoms with Crippen molar-refractivity contribution in [3.63, 3.8) is 0 Å². The van der Waals surface area contributed by atoms with E-state index in [1.165, 1.54) is 12.1 Å². The molecule has 1 aromatic heterocycles. The van der Waals surface area contributed by atoms with Crippen LogP contribution in [0.1, 0.15) is 48.2 Å². The van der Waals surface area contributed by atoms with E-state index >= 15 is 0 Å². The molecule has 1 aromatic carbocycles. The van der Waals surface area contributed by atoms with Gasteiger partial charge in [-0.2, -0.15) is 0 Å². The smallest absolute Gasteiger partial charge is 0.352 e. The van der Waals surface area contributed by atoms with E-state index in [4.69, 9.17) is 23.2 Å². The molecule has 0 radical (unpaired) electrons. The molecule has 0 amide bonds. The Hall–Kier alpha value is -1.98. The molecule has 0 saturated heterocycles. The number of H-pyrrole nitrogens is 1. The van der Waals surface area contributed by atoms with Gasteiger partial charge in [-0.3, -0.25) is 0 Å². The van der Waals surface area contributed by atoms with E-state index in [2.05, 4.69) is 4.98 Å². The summed E-state index contributed by atoms with van der Waals surface area (Å²) in [4.78, 5) is 26.2. The number of carbonyl (C=O) groups is 2. The Morgan fingerprint density at radius 3 is 2.40 bits per heavy atom. The molecule has 0 bridgehead atoms. The maximum atomic E-state index is 11.8. The van der Waals surface area contributed by atoms with Crippen molar-refractivity contribution >= 4 is 52.1 Å². The highest BCUT2D eigenvalue weighted by atomic mass is 35.5. The number of aromatic carboxylic acids is 1. The van der Waals surface area contributed by atoms with Crippen molar-refractivity contribution in [1.82, 2.24) is 4.98 Å². The summed E-state index contributed by atoms with van der Waals surface area (Å²) in [5.74, 6) is -2.28. The van der Waals surface area contributed by atoms with Crippen LogP contribution in [0.5, 0.6) is 0 Å². The van der Waals surface area contributed by atoms with Gasteiger partial charge < -0.3 is 15.2 Å². The lowest BCUT2D eigenvalue weighted by Gasteiger charge is -2.22. The third-order valence-electron chi connectivity index (χ3n) is 4.66. The Morgan fingerprint density at radius 2 is 1.80 bits per heavy atom. The average Bonchev–Trinajstić information content (AvgIpc) is 2.91. The molecule has 3 rings (SSSR count). The number of hydrogen-bond donors (Lipinski definition) is 3. The van der Waals surface area contributed by atoms with Crippen LogP contribution in [0.4, 0.5) is 0 Å². The number of aromatic nitrogens is 1. The van der Waals surface area contributed by atoms with Crippen LogP contribution in [0.3, 0.4) is 0 Å². The molecule has 5 nitrogen and oxygen atoms in total. The van der Waals surface area contributed by atoms with Crippen LogP contribution < -0.4 is 0 Å². The summed E-state index contributed by atoms with van der Waals surface area (Å²) < 4.78 is 0. The molecule has 0 atom stereocenters. The number of fused-ring (bicyclic) bond motifs is 1. The Labute approximate surface area is 154 Å². The number of benzene rings is 1.